The van der Waals surface area contributed by atoms with Crippen molar-refractivity contribution >= 4 is 21.6 Å². The van der Waals surface area contributed by atoms with E-state index in [0.717, 1.165) is 11.1 Å². The van der Waals surface area contributed by atoms with Crippen molar-refractivity contribution in [3.63, 3.8) is 0 Å². The predicted octanol–water partition coefficient (Wildman–Crippen LogP) is 0.664. The third-order valence-corrected chi connectivity index (χ3v) is 6.15. The molecule has 1 aromatic heterocycles. The van der Waals surface area contributed by atoms with Crippen molar-refractivity contribution in [1.29, 1.82) is 0 Å². The van der Waals surface area contributed by atoms with Crippen molar-refractivity contribution in [3.05, 3.63) is 41.6 Å². The first-order valence-electron chi connectivity index (χ1n) is 8.23. The number of rotatable bonds is 2. The van der Waals surface area contributed by atoms with E-state index in [1.54, 1.807) is 0 Å². The molecule has 2 aliphatic heterocycles. The average Bonchev–Trinajstić information content (AvgIpc) is 2.62. The Balaban J connectivity index is 1.82. The summed E-state index contributed by atoms with van der Waals surface area (Å²) < 4.78 is 23.5. The highest BCUT2D eigenvalue weighted by Crippen LogP contribution is 2.28. The van der Waals surface area contributed by atoms with Crippen LogP contribution in [0, 0.1) is 0 Å². The number of nitrogens with zero attached hydrogens (tertiary/aromatic N) is 3. The summed E-state index contributed by atoms with van der Waals surface area (Å²) in [7, 11) is -2.98. The van der Waals surface area contributed by atoms with E-state index in [4.69, 9.17) is 4.98 Å². The number of anilines is 1. The largest absolute Gasteiger partial charge is 0.354 e. The number of carbonyl (C=O) groups excluding carboxylic acids is 1. The number of benzene rings is 1. The zero-order chi connectivity index (χ0) is 17.4. The molecule has 1 fully saturated rings. The van der Waals surface area contributed by atoms with Crippen molar-refractivity contribution in [1.82, 2.24) is 15.3 Å². The van der Waals surface area contributed by atoms with Gasteiger partial charge in [-0.05, 0) is 6.42 Å². The summed E-state index contributed by atoms with van der Waals surface area (Å²) in [5, 5.41) is 2.82. The van der Waals surface area contributed by atoms with Crippen LogP contribution in [-0.2, 0) is 16.3 Å². The third kappa shape index (κ3) is 3.09. The smallest absolute Gasteiger partial charge is 0.270 e. The minimum atomic E-state index is -2.98. The lowest BCUT2D eigenvalue weighted by Gasteiger charge is -2.31. The highest BCUT2D eigenvalue weighted by molar-refractivity contribution is 7.91. The molecule has 0 atom stereocenters. The van der Waals surface area contributed by atoms with Crippen molar-refractivity contribution in [2.45, 2.75) is 6.42 Å². The van der Waals surface area contributed by atoms with Gasteiger partial charge in [-0.1, -0.05) is 30.3 Å². The van der Waals surface area contributed by atoms with Gasteiger partial charge in [-0.3, -0.25) is 4.79 Å². The summed E-state index contributed by atoms with van der Waals surface area (Å²) >= 11 is 0. The van der Waals surface area contributed by atoms with Gasteiger partial charge in [-0.25, -0.2) is 18.4 Å². The Morgan fingerprint density at radius 2 is 1.76 bits per heavy atom. The van der Waals surface area contributed by atoms with E-state index in [9.17, 15) is 13.2 Å². The fourth-order valence-electron chi connectivity index (χ4n) is 3.18. The summed E-state index contributed by atoms with van der Waals surface area (Å²) in [6, 6.07) is 9.49. The molecule has 0 spiro atoms. The molecule has 3 heterocycles. The molecule has 7 nitrogen and oxygen atoms in total. The molecule has 0 radical (unpaired) electrons. The van der Waals surface area contributed by atoms with Crippen LogP contribution in [-0.4, -0.2) is 55.4 Å². The molecule has 1 aromatic carbocycles. The predicted molar refractivity (Wildman–Crippen MR) is 94.4 cm³/mol. The van der Waals surface area contributed by atoms with Gasteiger partial charge in [-0.15, -0.1) is 0 Å². The fourth-order valence-corrected chi connectivity index (χ4v) is 4.38. The van der Waals surface area contributed by atoms with E-state index in [-0.39, 0.29) is 17.4 Å². The topological polar surface area (TPSA) is 92.3 Å². The standard InChI is InChI=1S/C17H18N4O3S/c22-17-14-13(6-7-18-17)16(21-8-10-25(23,24)11-9-21)20-15(19-14)12-4-2-1-3-5-12/h1-5H,6-11H2,(H,18,22). The Bertz CT molecular complexity index is 914. The minimum Gasteiger partial charge on any atom is -0.354 e. The van der Waals surface area contributed by atoms with Gasteiger partial charge >= 0.3 is 0 Å². The number of sulfone groups is 1. The summed E-state index contributed by atoms with van der Waals surface area (Å²) in [5.74, 6) is 1.19. The summed E-state index contributed by atoms with van der Waals surface area (Å²) in [6.45, 7) is 1.32. The number of hydrogen-bond donors (Lipinski definition) is 1. The number of aromatic nitrogens is 2. The molecule has 4 rings (SSSR count). The Morgan fingerprint density at radius 1 is 1.04 bits per heavy atom. The molecular weight excluding hydrogens is 340 g/mol. The third-order valence-electron chi connectivity index (χ3n) is 4.54. The minimum absolute atomic E-state index is 0.110. The van der Waals surface area contributed by atoms with Gasteiger partial charge in [0.25, 0.3) is 5.91 Å². The summed E-state index contributed by atoms with van der Waals surface area (Å²) in [6.07, 6.45) is 0.648. The van der Waals surface area contributed by atoms with Crippen LogP contribution in [0.3, 0.4) is 0 Å². The second-order valence-electron chi connectivity index (χ2n) is 6.21. The first-order chi connectivity index (χ1) is 12.0. The van der Waals surface area contributed by atoms with Gasteiger partial charge in [0.05, 0.1) is 11.5 Å². The van der Waals surface area contributed by atoms with E-state index in [1.165, 1.54) is 0 Å². The molecule has 2 aromatic rings. The maximum atomic E-state index is 12.3. The van der Waals surface area contributed by atoms with Crippen LogP contribution >= 0.6 is 0 Å². The first-order valence-corrected chi connectivity index (χ1v) is 10.1. The normalized spacial score (nSPS) is 19.2. The van der Waals surface area contributed by atoms with Crippen molar-refractivity contribution in [3.8, 4) is 11.4 Å². The van der Waals surface area contributed by atoms with Gasteiger partial charge in [0.2, 0.25) is 0 Å². The Hall–Kier alpha value is -2.48. The van der Waals surface area contributed by atoms with E-state index >= 15 is 0 Å². The van der Waals surface area contributed by atoms with Gasteiger partial charge in [0, 0.05) is 30.8 Å². The monoisotopic (exact) mass is 358 g/mol. The zero-order valence-electron chi connectivity index (χ0n) is 13.6. The molecule has 1 saturated heterocycles. The van der Waals surface area contributed by atoms with Crippen LogP contribution in [0.5, 0.6) is 0 Å². The lowest BCUT2D eigenvalue weighted by Crippen LogP contribution is -2.42. The highest BCUT2D eigenvalue weighted by atomic mass is 32.2. The molecule has 8 heteroatoms. The lowest BCUT2D eigenvalue weighted by molar-refractivity contribution is 0.0940. The Morgan fingerprint density at radius 3 is 2.48 bits per heavy atom. The van der Waals surface area contributed by atoms with Crippen LogP contribution in [0.2, 0.25) is 0 Å². The van der Waals surface area contributed by atoms with Crippen LogP contribution < -0.4 is 10.2 Å². The van der Waals surface area contributed by atoms with Gasteiger partial charge in [-0.2, -0.15) is 0 Å². The lowest BCUT2D eigenvalue weighted by atomic mass is 10.0. The van der Waals surface area contributed by atoms with Crippen LogP contribution in [0.1, 0.15) is 16.1 Å². The van der Waals surface area contributed by atoms with E-state index < -0.39 is 9.84 Å². The number of carbonyl (C=O) groups is 1. The molecular formula is C17H18N4O3S. The van der Waals surface area contributed by atoms with E-state index in [0.29, 0.717) is 43.4 Å². The van der Waals surface area contributed by atoms with Gasteiger partial charge in [0.1, 0.15) is 11.5 Å². The molecule has 1 amide bonds. The van der Waals surface area contributed by atoms with Crippen molar-refractivity contribution < 1.29 is 13.2 Å². The first kappa shape index (κ1) is 16.0. The average molecular weight is 358 g/mol. The fraction of sp³-hybridized carbons (Fsp3) is 0.353. The number of hydrogen-bond acceptors (Lipinski definition) is 6. The Kier molecular flexibility index (Phi) is 3.91. The zero-order valence-corrected chi connectivity index (χ0v) is 14.4. The van der Waals surface area contributed by atoms with E-state index in [2.05, 4.69) is 10.3 Å². The number of nitrogens with one attached hydrogen (secondary N) is 1. The maximum Gasteiger partial charge on any atom is 0.270 e. The molecule has 1 N–H and O–H groups in total. The molecule has 0 saturated carbocycles. The maximum absolute atomic E-state index is 12.3. The molecule has 0 aliphatic carbocycles. The quantitative estimate of drug-likeness (QED) is 0.848. The van der Waals surface area contributed by atoms with E-state index in [1.807, 2.05) is 35.2 Å². The molecule has 25 heavy (non-hydrogen) atoms. The molecule has 0 bridgehead atoms. The number of amides is 1. The molecule has 0 unspecified atom stereocenters. The molecule has 2 aliphatic rings. The van der Waals surface area contributed by atoms with Crippen LogP contribution in [0.25, 0.3) is 11.4 Å². The summed E-state index contributed by atoms with van der Waals surface area (Å²) in [4.78, 5) is 23.4. The Labute approximate surface area is 146 Å². The summed E-state index contributed by atoms with van der Waals surface area (Å²) in [5.41, 5.74) is 2.03. The second-order valence-corrected chi connectivity index (χ2v) is 8.51. The second kappa shape index (κ2) is 6.11. The van der Waals surface area contributed by atoms with Crippen LogP contribution in [0.15, 0.2) is 30.3 Å². The highest BCUT2D eigenvalue weighted by Gasteiger charge is 2.29. The van der Waals surface area contributed by atoms with Crippen molar-refractivity contribution in [2.24, 2.45) is 0 Å². The SMILES string of the molecule is O=C1NCCc2c1nc(-c1ccccc1)nc2N1CCS(=O)(=O)CC1. The van der Waals surface area contributed by atoms with Gasteiger partial charge < -0.3 is 10.2 Å². The van der Waals surface area contributed by atoms with Crippen molar-refractivity contribution in [2.75, 3.05) is 36.0 Å². The van der Waals surface area contributed by atoms with Crippen LogP contribution in [0.4, 0.5) is 5.82 Å². The number of fused-ring (bicyclic) bond motifs is 1. The van der Waals surface area contributed by atoms with Gasteiger partial charge in [0.15, 0.2) is 15.7 Å². The molecule has 130 valence electrons.